The van der Waals surface area contributed by atoms with Crippen LogP contribution in [0.5, 0.6) is 0 Å². The topological polar surface area (TPSA) is 84.8 Å². The molecule has 0 bridgehead atoms. The lowest BCUT2D eigenvalue weighted by molar-refractivity contribution is 0.465. The summed E-state index contributed by atoms with van der Waals surface area (Å²) in [5.41, 5.74) is 6.74. The van der Waals surface area contributed by atoms with Crippen LogP contribution >= 0.6 is 11.6 Å². The first-order valence-corrected chi connectivity index (χ1v) is 6.98. The van der Waals surface area contributed by atoms with Crippen LogP contribution in [-0.2, 0) is 6.54 Å². The Bertz CT molecular complexity index is 719. The van der Waals surface area contributed by atoms with Gasteiger partial charge in [-0.3, -0.25) is 10.2 Å². The summed E-state index contributed by atoms with van der Waals surface area (Å²) in [5.74, 6) is 0.00518. The fourth-order valence-corrected chi connectivity index (χ4v) is 2.09. The molecular weight excluding hydrogens is 288 g/mol. The molecule has 0 fully saturated rings. The average Bonchev–Trinajstić information content (AvgIpc) is 2.41. The van der Waals surface area contributed by atoms with Crippen molar-refractivity contribution in [1.29, 1.82) is 5.41 Å². The molecule has 1 heterocycles. The van der Waals surface area contributed by atoms with Gasteiger partial charge in [0.2, 0.25) is 0 Å². The molecule has 0 saturated heterocycles. The molecule has 2 rings (SSSR count). The Morgan fingerprint density at radius 1 is 1.38 bits per heavy atom. The van der Waals surface area contributed by atoms with Gasteiger partial charge in [-0.05, 0) is 24.1 Å². The molecule has 3 N–H and O–H groups in total. The number of amidine groups is 1. The zero-order valence-electron chi connectivity index (χ0n) is 11.9. The minimum atomic E-state index is -0.339. The number of nitrogens with one attached hydrogen (secondary N) is 1. The fraction of sp³-hybridized carbons (Fsp3) is 0.267. The third-order valence-electron chi connectivity index (χ3n) is 2.94. The van der Waals surface area contributed by atoms with Gasteiger partial charge in [0.25, 0.3) is 5.56 Å². The Labute approximate surface area is 127 Å². The molecule has 2 aromatic rings. The van der Waals surface area contributed by atoms with Crippen molar-refractivity contribution in [3.63, 3.8) is 0 Å². The molecule has 1 aromatic heterocycles. The van der Waals surface area contributed by atoms with Gasteiger partial charge in [0.05, 0.1) is 11.3 Å². The third kappa shape index (κ3) is 3.49. The maximum Gasteiger partial charge on any atom is 0.277 e. The van der Waals surface area contributed by atoms with E-state index < -0.39 is 0 Å². The van der Waals surface area contributed by atoms with Gasteiger partial charge < -0.3 is 5.73 Å². The van der Waals surface area contributed by atoms with Crippen molar-refractivity contribution >= 4 is 17.4 Å². The number of benzene rings is 1. The zero-order chi connectivity index (χ0) is 15.6. The minimum Gasteiger partial charge on any atom is -0.384 e. The van der Waals surface area contributed by atoms with E-state index in [1.807, 2.05) is 26.0 Å². The van der Waals surface area contributed by atoms with Crippen molar-refractivity contribution < 1.29 is 0 Å². The van der Waals surface area contributed by atoms with Crippen LogP contribution in [0.3, 0.4) is 0 Å². The van der Waals surface area contributed by atoms with Crippen LogP contribution < -0.4 is 11.3 Å². The van der Waals surface area contributed by atoms with E-state index in [1.54, 1.807) is 18.2 Å². The lowest BCUT2D eigenvalue weighted by Gasteiger charge is -2.12. The predicted molar refractivity (Wildman–Crippen MR) is 84.8 cm³/mol. The van der Waals surface area contributed by atoms with Crippen LogP contribution in [0.2, 0.25) is 5.02 Å². The second-order valence-electron chi connectivity index (χ2n) is 5.24. The summed E-state index contributed by atoms with van der Waals surface area (Å²) in [7, 11) is 0. The second kappa shape index (κ2) is 6.10. The zero-order valence-corrected chi connectivity index (χ0v) is 12.7. The summed E-state index contributed by atoms with van der Waals surface area (Å²) in [4.78, 5) is 12.2. The monoisotopic (exact) mass is 304 g/mol. The summed E-state index contributed by atoms with van der Waals surface area (Å²) in [6.07, 6.45) is 0. The first-order valence-electron chi connectivity index (χ1n) is 6.61. The van der Waals surface area contributed by atoms with E-state index in [0.29, 0.717) is 17.3 Å². The van der Waals surface area contributed by atoms with Gasteiger partial charge in [0, 0.05) is 17.1 Å². The molecule has 0 aliphatic rings. The normalized spacial score (nSPS) is 10.9. The van der Waals surface area contributed by atoms with E-state index >= 15 is 0 Å². The van der Waals surface area contributed by atoms with Gasteiger partial charge >= 0.3 is 0 Å². The van der Waals surface area contributed by atoms with Crippen molar-refractivity contribution in [1.82, 2.24) is 9.78 Å². The molecule has 0 spiro atoms. The van der Waals surface area contributed by atoms with Crippen LogP contribution in [0.15, 0.2) is 35.1 Å². The van der Waals surface area contributed by atoms with E-state index in [2.05, 4.69) is 5.10 Å². The van der Waals surface area contributed by atoms with Crippen LogP contribution in [0.25, 0.3) is 11.3 Å². The molecule has 0 amide bonds. The lowest BCUT2D eigenvalue weighted by Crippen LogP contribution is -2.32. The van der Waals surface area contributed by atoms with Crippen LogP contribution in [0.1, 0.15) is 19.4 Å². The highest BCUT2D eigenvalue weighted by Crippen LogP contribution is 2.19. The second-order valence-corrected chi connectivity index (χ2v) is 5.68. The number of hydrogen-bond donors (Lipinski definition) is 2. The lowest BCUT2D eigenvalue weighted by atomic mass is 10.1. The molecule has 1 aromatic carbocycles. The maximum atomic E-state index is 12.2. The van der Waals surface area contributed by atoms with E-state index in [-0.39, 0.29) is 22.9 Å². The van der Waals surface area contributed by atoms with Crippen molar-refractivity contribution in [3.05, 3.63) is 51.3 Å². The van der Waals surface area contributed by atoms with E-state index in [1.165, 1.54) is 4.68 Å². The van der Waals surface area contributed by atoms with Crippen molar-refractivity contribution in [2.24, 2.45) is 11.7 Å². The Balaban J connectivity index is 2.61. The molecule has 0 aliphatic heterocycles. The molecule has 21 heavy (non-hydrogen) atoms. The highest BCUT2D eigenvalue weighted by Gasteiger charge is 2.13. The van der Waals surface area contributed by atoms with E-state index in [4.69, 9.17) is 22.7 Å². The summed E-state index contributed by atoms with van der Waals surface area (Å²) >= 11 is 5.88. The first-order chi connectivity index (χ1) is 9.88. The molecular formula is C15H17ClN4O. The number of hydrogen-bond acceptors (Lipinski definition) is 3. The van der Waals surface area contributed by atoms with Gasteiger partial charge in [-0.25, -0.2) is 4.68 Å². The number of aromatic nitrogens is 2. The third-order valence-corrected chi connectivity index (χ3v) is 3.19. The molecule has 0 radical (unpaired) electrons. The van der Waals surface area contributed by atoms with Gasteiger partial charge in [-0.15, -0.1) is 0 Å². The van der Waals surface area contributed by atoms with Gasteiger partial charge in [-0.1, -0.05) is 37.6 Å². The minimum absolute atomic E-state index is 0.163. The van der Waals surface area contributed by atoms with Crippen LogP contribution in [0, 0.1) is 11.3 Å². The summed E-state index contributed by atoms with van der Waals surface area (Å²) < 4.78 is 1.37. The molecule has 110 valence electrons. The van der Waals surface area contributed by atoms with Crippen LogP contribution in [-0.4, -0.2) is 15.6 Å². The average molecular weight is 305 g/mol. The number of rotatable bonds is 4. The SMILES string of the molecule is CC(C)Cn1nc(-c2ccc(Cl)cc2)cc(C(=N)N)c1=O. The van der Waals surface area contributed by atoms with Gasteiger partial charge in [0.15, 0.2) is 0 Å². The van der Waals surface area contributed by atoms with Crippen LogP contribution in [0.4, 0.5) is 0 Å². The van der Waals surface area contributed by atoms with Crippen molar-refractivity contribution in [2.45, 2.75) is 20.4 Å². The molecule has 5 nitrogen and oxygen atoms in total. The quantitative estimate of drug-likeness (QED) is 0.672. The molecule has 6 heteroatoms. The maximum absolute atomic E-state index is 12.2. The number of halogens is 1. The Kier molecular flexibility index (Phi) is 4.43. The molecule has 0 aliphatic carbocycles. The highest BCUT2D eigenvalue weighted by atomic mass is 35.5. The van der Waals surface area contributed by atoms with Gasteiger partial charge in [-0.2, -0.15) is 5.10 Å². The van der Waals surface area contributed by atoms with E-state index in [0.717, 1.165) is 5.56 Å². The summed E-state index contributed by atoms with van der Waals surface area (Å²) in [5, 5.41) is 12.6. The van der Waals surface area contributed by atoms with Crippen molar-refractivity contribution in [3.8, 4) is 11.3 Å². The molecule has 0 saturated carbocycles. The smallest absolute Gasteiger partial charge is 0.277 e. The Morgan fingerprint density at radius 3 is 2.52 bits per heavy atom. The standard InChI is InChI=1S/C15H17ClN4O/c1-9(2)8-20-15(21)12(14(17)18)7-13(19-20)10-3-5-11(16)6-4-10/h3-7,9H,8H2,1-2H3,(H3,17,18). The van der Waals surface area contributed by atoms with Gasteiger partial charge in [0.1, 0.15) is 5.84 Å². The molecule has 0 unspecified atom stereocenters. The van der Waals surface area contributed by atoms with Crippen molar-refractivity contribution in [2.75, 3.05) is 0 Å². The first kappa shape index (κ1) is 15.3. The summed E-state index contributed by atoms with van der Waals surface area (Å²) in [6.45, 7) is 4.47. The fourth-order valence-electron chi connectivity index (χ4n) is 1.97. The number of nitrogens with zero attached hydrogens (tertiary/aromatic N) is 2. The largest absolute Gasteiger partial charge is 0.384 e. The number of nitrogens with two attached hydrogens (primary N) is 1. The predicted octanol–water partition coefficient (Wildman–Crippen LogP) is 2.50. The summed E-state index contributed by atoms with van der Waals surface area (Å²) in [6, 6.07) is 8.69. The Morgan fingerprint density at radius 2 is 2.00 bits per heavy atom. The highest BCUT2D eigenvalue weighted by molar-refractivity contribution is 6.30. The number of nitrogen functional groups attached to an aromatic ring is 1. The van der Waals surface area contributed by atoms with E-state index in [9.17, 15) is 4.79 Å². The Hall–Kier alpha value is -2.14. The molecule has 0 atom stereocenters.